The van der Waals surface area contributed by atoms with Crippen molar-refractivity contribution in [1.82, 2.24) is 9.80 Å². The van der Waals surface area contributed by atoms with Gasteiger partial charge in [-0.2, -0.15) is 0 Å². The van der Waals surface area contributed by atoms with E-state index in [1.54, 1.807) is 7.11 Å². The van der Waals surface area contributed by atoms with E-state index < -0.39 is 0 Å². The number of methoxy groups -OCH3 is 1. The molecule has 1 aliphatic heterocycles. The maximum atomic E-state index is 13.2. The lowest BCUT2D eigenvalue weighted by Crippen LogP contribution is -2.46. The quantitative estimate of drug-likeness (QED) is 0.307. The smallest absolute Gasteiger partial charge is 0.409 e. The fourth-order valence-electron chi connectivity index (χ4n) is 7.90. The molecule has 0 radical (unpaired) electrons. The zero-order chi connectivity index (χ0) is 26.9. The summed E-state index contributed by atoms with van der Waals surface area (Å²) in [4.78, 5) is 18.1. The normalized spacial score (nSPS) is 25.3. The summed E-state index contributed by atoms with van der Waals surface area (Å²) in [5.74, 6) is 1.97. The van der Waals surface area contributed by atoms with Crippen LogP contribution in [0.4, 0.5) is 4.79 Å². The van der Waals surface area contributed by atoms with Crippen molar-refractivity contribution in [2.45, 2.75) is 101 Å². The van der Waals surface area contributed by atoms with Gasteiger partial charge in [-0.25, -0.2) is 4.79 Å². The fourth-order valence-corrected chi connectivity index (χ4v) is 7.90. The third-order valence-corrected chi connectivity index (χ3v) is 10.0. The minimum Gasteiger partial charge on any atom is -0.453 e. The van der Waals surface area contributed by atoms with Crippen LogP contribution in [0, 0.1) is 11.8 Å². The number of benzene rings is 2. The summed E-state index contributed by atoms with van der Waals surface area (Å²) >= 11 is 0. The Morgan fingerprint density at radius 1 is 0.846 bits per heavy atom. The van der Waals surface area contributed by atoms with Crippen LogP contribution in [-0.4, -0.2) is 54.7 Å². The molecule has 0 aromatic heterocycles. The Hall–Kier alpha value is -2.33. The Bertz CT molecular complexity index is 980. The highest BCUT2D eigenvalue weighted by Gasteiger charge is 2.43. The van der Waals surface area contributed by atoms with Gasteiger partial charge in [-0.1, -0.05) is 92.8 Å². The van der Waals surface area contributed by atoms with Gasteiger partial charge in [0, 0.05) is 18.6 Å². The summed E-state index contributed by atoms with van der Waals surface area (Å²) in [7, 11) is 1.57. The van der Waals surface area contributed by atoms with Gasteiger partial charge in [0.15, 0.2) is 0 Å². The first-order valence-electron chi connectivity index (χ1n) is 15.9. The Morgan fingerprint density at radius 3 is 2.18 bits per heavy atom. The number of ether oxygens (including phenoxy) is 1. The third kappa shape index (κ3) is 7.66. The van der Waals surface area contributed by atoms with Gasteiger partial charge in [-0.3, -0.25) is 0 Å². The number of rotatable bonds is 9. The number of hydrogen-bond acceptors (Lipinski definition) is 3. The maximum absolute atomic E-state index is 13.2. The summed E-state index contributed by atoms with van der Waals surface area (Å²) in [6, 6.07) is 22.7. The molecule has 3 aliphatic rings. The molecule has 2 aromatic rings. The Labute approximate surface area is 237 Å². The molecule has 1 unspecified atom stereocenters. The molecule has 1 amide bonds. The van der Waals surface area contributed by atoms with Crippen LogP contribution in [-0.2, 0) is 11.2 Å². The molecular formula is C35H50N2O2. The van der Waals surface area contributed by atoms with Gasteiger partial charge in [-0.05, 0) is 93.3 Å². The van der Waals surface area contributed by atoms with Crippen LogP contribution in [0.2, 0.25) is 0 Å². The SMILES string of the molecule is COC(=O)N(C1CCCCCC1)C1C[C@H](CN2CCC(CCCc3ccccc3)CC2)[C@@H](c2ccccc2)C1. The topological polar surface area (TPSA) is 32.8 Å². The molecule has 0 N–H and O–H groups in total. The minimum absolute atomic E-state index is 0.101. The second-order valence-electron chi connectivity index (χ2n) is 12.5. The van der Waals surface area contributed by atoms with E-state index in [1.165, 1.54) is 82.0 Å². The van der Waals surface area contributed by atoms with Crippen LogP contribution in [0.3, 0.4) is 0 Å². The molecule has 39 heavy (non-hydrogen) atoms. The number of carbonyl (C=O) groups excluding carboxylic acids is 1. The molecule has 2 saturated carbocycles. The highest BCUT2D eigenvalue weighted by atomic mass is 16.5. The van der Waals surface area contributed by atoms with Crippen LogP contribution >= 0.6 is 0 Å². The van der Waals surface area contributed by atoms with Crippen LogP contribution < -0.4 is 0 Å². The fraction of sp³-hybridized carbons (Fsp3) is 0.629. The summed E-state index contributed by atoms with van der Waals surface area (Å²) in [6.07, 6.45) is 15.9. The van der Waals surface area contributed by atoms with E-state index in [0.29, 0.717) is 17.9 Å². The van der Waals surface area contributed by atoms with Crippen molar-refractivity contribution in [2.24, 2.45) is 11.8 Å². The van der Waals surface area contributed by atoms with E-state index in [-0.39, 0.29) is 12.1 Å². The van der Waals surface area contributed by atoms with Gasteiger partial charge in [0.1, 0.15) is 0 Å². The third-order valence-electron chi connectivity index (χ3n) is 10.0. The van der Waals surface area contributed by atoms with E-state index in [2.05, 4.69) is 70.5 Å². The first kappa shape index (κ1) is 28.2. The zero-order valence-corrected chi connectivity index (χ0v) is 24.2. The van der Waals surface area contributed by atoms with E-state index in [1.807, 2.05) is 0 Å². The second kappa shape index (κ2) is 14.3. The minimum atomic E-state index is -0.101. The van der Waals surface area contributed by atoms with Gasteiger partial charge in [0.2, 0.25) is 0 Å². The van der Waals surface area contributed by atoms with Crippen molar-refractivity contribution in [3.8, 4) is 0 Å². The van der Waals surface area contributed by atoms with Crippen molar-refractivity contribution in [1.29, 1.82) is 0 Å². The zero-order valence-electron chi connectivity index (χ0n) is 24.2. The predicted octanol–water partition coefficient (Wildman–Crippen LogP) is 8.07. The Kier molecular flexibility index (Phi) is 10.4. The highest BCUT2D eigenvalue weighted by Crippen LogP contribution is 2.44. The number of carbonyl (C=O) groups is 1. The van der Waals surface area contributed by atoms with Crippen molar-refractivity contribution in [2.75, 3.05) is 26.7 Å². The molecule has 212 valence electrons. The molecule has 4 nitrogen and oxygen atoms in total. The van der Waals surface area contributed by atoms with Gasteiger partial charge < -0.3 is 14.5 Å². The molecule has 2 aromatic carbocycles. The van der Waals surface area contributed by atoms with Gasteiger partial charge in [-0.15, -0.1) is 0 Å². The molecule has 3 atom stereocenters. The molecule has 3 fully saturated rings. The van der Waals surface area contributed by atoms with Crippen LogP contribution in [0.15, 0.2) is 60.7 Å². The number of hydrogen-bond donors (Lipinski definition) is 0. The number of nitrogens with zero attached hydrogens (tertiary/aromatic N) is 2. The summed E-state index contributed by atoms with van der Waals surface area (Å²) < 4.78 is 5.39. The van der Waals surface area contributed by atoms with Gasteiger partial charge >= 0.3 is 6.09 Å². The molecule has 2 aliphatic carbocycles. The molecule has 0 spiro atoms. The number of piperidine rings is 1. The lowest BCUT2D eigenvalue weighted by atomic mass is 9.87. The molecule has 4 heteroatoms. The summed E-state index contributed by atoms with van der Waals surface area (Å²) in [6.45, 7) is 3.61. The van der Waals surface area contributed by atoms with Crippen molar-refractivity contribution in [3.63, 3.8) is 0 Å². The Balaban J connectivity index is 1.20. The standard InChI is InChI=1S/C35H50N2O2/c1-39-35(38)37(32-19-10-2-3-11-20-32)33-25-31(34(26-33)30-17-8-5-9-18-30)27-36-23-21-29(22-24-36)16-12-15-28-13-6-4-7-14-28/h4-9,13-14,17-18,29,31-34H,2-3,10-12,15-16,19-27H2,1H3/t31-,33?,34-/m1/s1. The first-order chi connectivity index (χ1) is 19.2. The maximum Gasteiger partial charge on any atom is 0.409 e. The molecular weight excluding hydrogens is 480 g/mol. The summed E-state index contributed by atoms with van der Waals surface area (Å²) in [5.41, 5.74) is 2.93. The molecule has 0 bridgehead atoms. The van der Waals surface area contributed by atoms with E-state index >= 15 is 0 Å². The summed E-state index contributed by atoms with van der Waals surface area (Å²) in [5, 5.41) is 0. The van der Waals surface area contributed by atoms with Crippen molar-refractivity contribution < 1.29 is 9.53 Å². The molecule has 1 saturated heterocycles. The van der Waals surface area contributed by atoms with Crippen LogP contribution in [0.5, 0.6) is 0 Å². The highest BCUT2D eigenvalue weighted by molar-refractivity contribution is 5.68. The first-order valence-corrected chi connectivity index (χ1v) is 15.9. The largest absolute Gasteiger partial charge is 0.453 e. The molecule has 1 heterocycles. The van der Waals surface area contributed by atoms with Crippen LogP contribution in [0.25, 0.3) is 0 Å². The van der Waals surface area contributed by atoms with Gasteiger partial charge in [0.05, 0.1) is 7.11 Å². The Morgan fingerprint density at radius 2 is 1.51 bits per heavy atom. The lowest BCUT2D eigenvalue weighted by molar-refractivity contribution is 0.0751. The lowest BCUT2D eigenvalue weighted by Gasteiger charge is -2.36. The predicted molar refractivity (Wildman–Crippen MR) is 160 cm³/mol. The van der Waals surface area contributed by atoms with E-state index in [9.17, 15) is 4.79 Å². The van der Waals surface area contributed by atoms with Gasteiger partial charge in [0.25, 0.3) is 0 Å². The second-order valence-corrected chi connectivity index (χ2v) is 12.5. The average Bonchev–Trinajstić information content (AvgIpc) is 3.19. The molecule has 5 rings (SSSR count). The van der Waals surface area contributed by atoms with E-state index in [4.69, 9.17) is 4.74 Å². The number of likely N-dealkylation sites (tertiary alicyclic amines) is 1. The van der Waals surface area contributed by atoms with Crippen molar-refractivity contribution >= 4 is 6.09 Å². The van der Waals surface area contributed by atoms with E-state index in [0.717, 1.165) is 38.1 Å². The monoisotopic (exact) mass is 530 g/mol. The van der Waals surface area contributed by atoms with Crippen LogP contribution in [0.1, 0.15) is 94.1 Å². The van der Waals surface area contributed by atoms with Crippen molar-refractivity contribution in [3.05, 3.63) is 71.8 Å². The average molecular weight is 531 g/mol. The number of amides is 1. The number of aryl methyl sites for hydroxylation is 1.